The van der Waals surface area contributed by atoms with Crippen LogP contribution in [0.15, 0.2) is 66.7 Å². The van der Waals surface area contributed by atoms with E-state index in [-0.39, 0.29) is 24.1 Å². The number of aromatic nitrogens is 1. The third kappa shape index (κ3) is 7.43. The van der Waals surface area contributed by atoms with Gasteiger partial charge in [-0.2, -0.15) is 0 Å². The number of para-hydroxylation sites is 1. The SMILES string of the molecule is CNC(=O)c1ccc(/C=C/C(=O)NCC(=O)N(C)c2ccc(Cl)c(COc3cccc4c(OC)cc(C)nc34)c2Cl)cc1. The van der Waals surface area contributed by atoms with Gasteiger partial charge >= 0.3 is 0 Å². The van der Waals surface area contributed by atoms with E-state index in [1.807, 2.05) is 25.1 Å². The lowest BCUT2D eigenvalue weighted by Crippen LogP contribution is -2.37. The number of pyridine rings is 1. The number of fused-ring (bicyclic) bond motifs is 1. The maximum Gasteiger partial charge on any atom is 0.251 e. The molecule has 9 nitrogen and oxygen atoms in total. The van der Waals surface area contributed by atoms with E-state index in [2.05, 4.69) is 15.6 Å². The number of halogens is 2. The monoisotopic (exact) mass is 620 g/mol. The summed E-state index contributed by atoms with van der Waals surface area (Å²) < 4.78 is 11.6. The average molecular weight is 622 g/mol. The van der Waals surface area contributed by atoms with E-state index >= 15 is 0 Å². The second kappa shape index (κ2) is 14.0. The molecule has 0 aliphatic rings. The van der Waals surface area contributed by atoms with Gasteiger partial charge in [-0.25, -0.2) is 4.98 Å². The van der Waals surface area contributed by atoms with Gasteiger partial charge < -0.3 is 25.0 Å². The lowest BCUT2D eigenvalue weighted by atomic mass is 10.1. The molecule has 0 saturated heterocycles. The van der Waals surface area contributed by atoms with Crippen LogP contribution >= 0.6 is 23.2 Å². The first-order chi connectivity index (χ1) is 20.6. The molecule has 0 bridgehead atoms. The van der Waals surface area contributed by atoms with Crippen LogP contribution in [0.4, 0.5) is 5.69 Å². The van der Waals surface area contributed by atoms with Crippen molar-refractivity contribution in [1.82, 2.24) is 15.6 Å². The van der Waals surface area contributed by atoms with E-state index < -0.39 is 11.8 Å². The minimum absolute atomic E-state index is 0.0240. The van der Waals surface area contributed by atoms with Crippen molar-refractivity contribution in [2.45, 2.75) is 13.5 Å². The minimum atomic E-state index is -0.455. The molecule has 43 heavy (non-hydrogen) atoms. The topological polar surface area (TPSA) is 110 Å². The zero-order chi connectivity index (χ0) is 31.1. The fraction of sp³-hybridized carbons (Fsp3) is 0.188. The van der Waals surface area contributed by atoms with Crippen LogP contribution in [0.25, 0.3) is 17.0 Å². The van der Waals surface area contributed by atoms with Crippen LogP contribution in [0.3, 0.4) is 0 Å². The highest BCUT2D eigenvalue weighted by molar-refractivity contribution is 6.38. The number of benzene rings is 3. The quantitative estimate of drug-likeness (QED) is 0.224. The lowest BCUT2D eigenvalue weighted by Gasteiger charge is -2.21. The van der Waals surface area contributed by atoms with Crippen molar-refractivity contribution in [2.24, 2.45) is 0 Å². The van der Waals surface area contributed by atoms with Crippen LogP contribution in [0.2, 0.25) is 10.0 Å². The van der Waals surface area contributed by atoms with Gasteiger partial charge in [0.2, 0.25) is 11.8 Å². The van der Waals surface area contributed by atoms with Gasteiger partial charge in [-0.15, -0.1) is 0 Å². The number of nitrogens with one attached hydrogen (secondary N) is 2. The fourth-order valence-electron chi connectivity index (χ4n) is 4.26. The molecule has 0 aliphatic carbocycles. The van der Waals surface area contributed by atoms with Gasteiger partial charge in [-0.05, 0) is 55.0 Å². The average Bonchev–Trinajstić information content (AvgIpc) is 3.01. The number of carbonyl (C=O) groups excluding carboxylic acids is 3. The summed E-state index contributed by atoms with van der Waals surface area (Å²) in [5, 5.41) is 6.54. The molecule has 1 heterocycles. The Kier molecular flexibility index (Phi) is 10.2. The van der Waals surface area contributed by atoms with Crippen LogP contribution in [0, 0.1) is 6.92 Å². The van der Waals surface area contributed by atoms with Gasteiger partial charge in [0.15, 0.2) is 0 Å². The predicted molar refractivity (Wildman–Crippen MR) is 169 cm³/mol. The smallest absolute Gasteiger partial charge is 0.251 e. The Hall–Kier alpha value is -4.60. The number of rotatable bonds is 10. The standard InChI is InChI=1S/C32H30Cl2N4O5/c1-19-16-27(42-4)22-6-5-7-26(31(22)37-19)43-18-23-24(33)13-14-25(30(23)34)38(3)29(40)17-36-28(39)15-10-20-8-11-21(12-9-20)32(41)35-2/h5-16H,17-18H2,1-4H3,(H,35,41)(H,36,39)/b15-10+. The predicted octanol–water partition coefficient (Wildman–Crippen LogP) is 5.59. The van der Waals surface area contributed by atoms with E-state index in [4.69, 9.17) is 32.7 Å². The van der Waals surface area contributed by atoms with Gasteiger partial charge in [0.1, 0.15) is 23.6 Å². The van der Waals surface area contributed by atoms with Gasteiger partial charge in [-0.3, -0.25) is 14.4 Å². The molecule has 0 saturated carbocycles. The van der Waals surface area contributed by atoms with Gasteiger partial charge in [0.25, 0.3) is 5.91 Å². The molecule has 3 amide bonds. The summed E-state index contributed by atoms with van der Waals surface area (Å²) >= 11 is 13.2. The molecule has 4 aromatic rings. The van der Waals surface area contributed by atoms with Crippen molar-refractivity contribution >= 4 is 63.6 Å². The van der Waals surface area contributed by atoms with Crippen molar-refractivity contribution < 1.29 is 23.9 Å². The zero-order valence-corrected chi connectivity index (χ0v) is 25.5. The molecule has 4 rings (SSSR count). The van der Waals surface area contributed by atoms with Crippen LogP contribution in [-0.4, -0.2) is 50.5 Å². The number of carbonyl (C=O) groups is 3. The molecule has 0 aliphatic heterocycles. The molecule has 0 unspecified atom stereocenters. The summed E-state index contributed by atoms with van der Waals surface area (Å²) in [5.41, 5.74) is 3.55. The Labute approximate surface area is 259 Å². The number of anilines is 1. The fourth-order valence-corrected chi connectivity index (χ4v) is 4.87. The lowest BCUT2D eigenvalue weighted by molar-refractivity contribution is -0.122. The third-order valence-electron chi connectivity index (χ3n) is 6.63. The number of hydrogen-bond acceptors (Lipinski definition) is 6. The van der Waals surface area contributed by atoms with Gasteiger partial charge in [-0.1, -0.05) is 41.4 Å². The van der Waals surface area contributed by atoms with Crippen molar-refractivity contribution in [3.05, 3.63) is 99.2 Å². The van der Waals surface area contributed by atoms with Crippen molar-refractivity contribution in [1.29, 1.82) is 0 Å². The van der Waals surface area contributed by atoms with Gasteiger partial charge in [0.05, 0.1) is 24.4 Å². The molecule has 0 fully saturated rings. The van der Waals surface area contributed by atoms with Crippen molar-refractivity contribution in [3.8, 4) is 11.5 Å². The number of hydrogen-bond donors (Lipinski definition) is 2. The zero-order valence-electron chi connectivity index (χ0n) is 24.0. The van der Waals surface area contributed by atoms with Crippen LogP contribution in [-0.2, 0) is 16.2 Å². The number of aryl methyl sites for hydroxylation is 1. The number of likely N-dealkylation sites (N-methyl/N-ethyl adjacent to an activating group) is 1. The van der Waals surface area contributed by atoms with E-state index in [9.17, 15) is 14.4 Å². The molecule has 11 heteroatoms. The summed E-state index contributed by atoms with van der Waals surface area (Å²) in [4.78, 5) is 42.9. The van der Waals surface area contributed by atoms with Crippen molar-refractivity contribution in [2.75, 3.05) is 32.6 Å². The van der Waals surface area contributed by atoms with Crippen LogP contribution in [0.5, 0.6) is 11.5 Å². The van der Waals surface area contributed by atoms with Crippen LogP contribution in [0.1, 0.15) is 27.2 Å². The Bertz CT molecular complexity index is 1710. The number of nitrogens with zero attached hydrogens (tertiary/aromatic N) is 2. The molecule has 0 atom stereocenters. The molecule has 3 aromatic carbocycles. The van der Waals surface area contributed by atoms with Crippen LogP contribution < -0.4 is 25.0 Å². The third-order valence-corrected chi connectivity index (χ3v) is 7.40. The van der Waals surface area contributed by atoms with Gasteiger partial charge in [0, 0.05) is 53.5 Å². The maximum atomic E-state index is 12.9. The largest absolute Gasteiger partial charge is 0.496 e. The summed E-state index contributed by atoms with van der Waals surface area (Å²) in [7, 11) is 4.71. The molecule has 2 N–H and O–H groups in total. The molecular formula is C32H30Cl2N4O5. The van der Waals surface area contributed by atoms with E-state index in [0.29, 0.717) is 38.9 Å². The maximum absolute atomic E-state index is 12.9. The first-order valence-electron chi connectivity index (χ1n) is 13.2. The number of ether oxygens (including phenoxy) is 2. The van der Waals surface area contributed by atoms with E-state index in [1.54, 1.807) is 69.7 Å². The Morgan fingerprint density at radius 1 is 1.02 bits per heavy atom. The highest BCUT2D eigenvalue weighted by Crippen LogP contribution is 2.36. The van der Waals surface area contributed by atoms with E-state index in [0.717, 1.165) is 16.6 Å². The highest BCUT2D eigenvalue weighted by atomic mass is 35.5. The second-order valence-electron chi connectivity index (χ2n) is 9.47. The first-order valence-corrected chi connectivity index (χ1v) is 14.0. The molecular weight excluding hydrogens is 591 g/mol. The molecule has 1 aromatic heterocycles. The number of amides is 3. The Morgan fingerprint density at radius 3 is 2.47 bits per heavy atom. The first kappa shape index (κ1) is 31.3. The molecule has 0 spiro atoms. The summed E-state index contributed by atoms with van der Waals surface area (Å²) in [6.45, 7) is 1.63. The molecule has 0 radical (unpaired) electrons. The minimum Gasteiger partial charge on any atom is -0.496 e. The van der Waals surface area contributed by atoms with E-state index in [1.165, 1.54) is 11.0 Å². The summed E-state index contributed by atoms with van der Waals surface area (Å²) in [6.07, 6.45) is 2.90. The highest BCUT2D eigenvalue weighted by Gasteiger charge is 2.19. The van der Waals surface area contributed by atoms with Crippen molar-refractivity contribution in [3.63, 3.8) is 0 Å². The second-order valence-corrected chi connectivity index (χ2v) is 10.3. The summed E-state index contributed by atoms with van der Waals surface area (Å²) in [6, 6.07) is 17.4. The normalized spacial score (nSPS) is 10.9. The number of methoxy groups -OCH3 is 1. The summed E-state index contributed by atoms with van der Waals surface area (Å²) in [5.74, 6) is 0.164. The Morgan fingerprint density at radius 2 is 1.77 bits per heavy atom. The molecule has 222 valence electrons. The Balaban J connectivity index is 1.41.